The fourth-order valence-corrected chi connectivity index (χ4v) is 9.19. The van der Waals surface area contributed by atoms with E-state index in [9.17, 15) is 14.7 Å². The van der Waals surface area contributed by atoms with E-state index in [-0.39, 0.29) is 56.9 Å². The van der Waals surface area contributed by atoms with Gasteiger partial charge in [0.1, 0.15) is 30.5 Å². The van der Waals surface area contributed by atoms with Gasteiger partial charge in [-0.3, -0.25) is 9.59 Å². The average molecular weight is 1040 g/mol. The van der Waals surface area contributed by atoms with Gasteiger partial charge in [0.25, 0.3) is 0 Å². The molecule has 1 aliphatic rings. The molecule has 412 valence electrons. The van der Waals surface area contributed by atoms with E-state index in [0.29, 0.717) is 19.4 Å². The van der Waals surface area contributed by atoms with Crippen LogP contribution in [0.3, 0.4) is 0 Å². The van der Waals surface area contributed by atoms with E-state index in [1.54, 1.807) is 0 Å². The number of hydrogen-bond donors (Lipinski definition) is 3. The fraction of sp³-hybridized carbons (Fsp3) is 0.500. The Hall–Kier alpha value is -5.28. The summed E-state index contributed by atoms with van der Waals surface area (Å²) in [4.78, 5) is 26.2. The molecule has 1 heterocycles. The molecule has 5 aromatic carbocycles. The largest absolute Gasteiger partial charge is 0.390 e. The summed E-state index contributed by atoms with van der Waals surface area (Å²) in [5.41, 5.74) is 4.52. The molecule has 0 spiro atoms. The third-order valence-corrected chi connectivity index (χ3v) is 13.7. The second kappa shape index (κ2) is 33.8. The van der Waals surface area contributed by atoms with Crippen molar-refractivity contribution in [2.45, 2.75) is 180 Å². The molecule has 5 aromatic rings. The molecule has 2 amide bonds. The molecule has 0 saturated carbocycles. The van der Waals surface area contributed by atoms with Gasteiger partial charge in [-0.05, 0) is 47.1 Å². The SMILES string of the molecule is CC[C@@H](O)[C@@H](OCc1ccccc1)[C@H](CO[C@H]1OC(COCc2ccccc2)[C@H](OCc2ccccc2)C(OCc2ccccc2)C1OCc1ccccc1)NC(=O)CCCCCCCCCCCNC(=O)C(C)(C)C. The van der Waals surface area contributed by atoms with Gasteiger partial charge in [-0.2, -0.15) is 0 Å². The minimum Gasteiger partial charge on any atom is -0.390 e. The summed E-state index contributed by atoms with van der Waals surface area (Å²) in [6.07, 6.45) is 4.39. The second-order valence-electron chi connectivity index (χ2n) is 21.0. The number of rotatable bonds is 35. The maximum absolute atomic E-state index is 14.0. The lowest BCUT2D eigenvalue weighted by Crippen LogP contribution is -2.62. The highest BCUT2D eigenvalue weighted by Gasteiger charge is 2.49. The Kier molecular flexibility index (Phi) is 26.7. The van der Waals surface area contributed by atoms with Crippen LogP contribution < -0.4 is 10.6 Å². The van der Waals surface area contributed by atoms with Gasteiger partial charge in [0, 0.05) is 18.4 Å². The number of hydrogen-bond acceptors (Lipinski definition) is 10. The molecule has 1 saturated heterocycles. The smallest absolute Gasteiger partial charge is 0.225 e. The molecule has 0 radical (unpaired) electrons. The third kappa shape index (κ3) is 21.6. The standard InChI is InChI=1S/C64H86N2O10/c1-5-55(67)58(71-43-50-32-20-14-21-33-50)54(66-57(68)40-28-11-9-7-6-8-10-12-29-41-65-63(69)64(2,3)4)47-75-62-61(74-46-53-38-26-17-27-39-53)60(73-45-52-36-24-16-25-37-52)59(72-44-51-34-22-15-23-35-51)56(76-62)48-70-42-49-30-18-13-19-31-49/h13-27,30-39,54-56,58-62,67H,5-12,28-29,40-48H2,1-4H3,(H,65,69)(H,66,68)/t54-,55+,56?,58-,59-,60?,61?,62-/m0/s1. The monoisotopic (exact) mass is 1040 g/mol. The quantitative estimate of drug-likeness (QED) is 0.0336. The fourth-order valence-electron chi connectivity index (χ4n) is 9.19. The number of benzene rings is 5. The number of amides is 2. The second-order valence-corrected chi connectivity index (χ2v) is 21.0. The Balaban J connectivity index is 1.19. The lowest BCUT2D eigenvalue weighted by Gasteiger charge is -2.46. The van der Waals surface area contributed by atoms with Crippen molar-refractivity contribution in [2.24, 2.45) is 5.41 Å². The van der Waals surface area contributed by atoms with Crippen LogP contribution in [0.15, 0.2) is 152 Å². The van der Waals surface area contributed by atoms with Crippen LogP contribution >= 0.6 is 0 Å². The molecule has 8 atom stereocenters. The summed E-state index contributed by atoms with van der Waals surface area (Å²) in [7, 11) is 0. The van der Waals surface area contributed by atoms with Gasteiger partial charge < -0.3 is 48.9 Å². The van der Waals surface area contributed by atoms with Crippen LogP contribution in [0.2, 0.25) is 0 Å². The molecule has 1 fully saturated rings. The Labute approximate surface area is 453 Å². The van der Waals surface area contributed by atoms with Crippen LogP contribution in [-0.4, -0.2) is 85.6 Å². The van der Waals surface area contributed by atoms with Gasteiger partial charge in [0.05, 0.1) is 58.4 Å². The number of carbonyl (C=O) groups is 2. The maximum Gasteiger partial charge on any atom is 0.225 e. The van der Waals surface area contributed by atoms with Crippen LogP contribution in [0.4, 0.5) is 0 Å². The van der Waals surface area contributed by atoms with E-state index in [1.165, 1.54) is 0 Å². The van der Waals surface area contributed by atoms with Gasteiger partial charge in [0.15, 0.2) is 6.29 Å². The summed E-state index contributed by atoms with van der Waals surface area (Å²) in [6.45, 7) is 9.88. The predicted molar refractivity (Wildman–Crippen MR) is 298 cm³/mol. The molecule has 3 unspecified atom stereocenters. The van der Waals surface area contributed by atoms with E-state index in [0.717, 1.165) is 92.1 Å². The van der Waals surface area contributed by atoms with Crippen molar-refractivity contribution in [3.63, 3.8) is 0 Å². The minimum atomic E-state index is -1.03. The topological polar surface area (TPSA) is 143 Å². The molecule has 12 heteroatoms. The Morgan fingerprint density at radius 2 is 0.987 bits per heavy atom. The van der Waals surface area contributed by atoms with Crippen molar-refractivity contribution in [3.05, 3.63) is 179 Å². The number of carbonyl (C=O) groups excluding carboxylic acids is 2. The molecule has 1 aliphatic heterocycles. The van der Waals surface area contributed by atoms with Gasteiger partial charge in [0.2, 0.25) is 11.8 Å². The van der Waals surface area contributed by atoms with Crippen molar-refractivity contribution >= 4 is 11.8 Å². The van der Waals surface area contributed by atoms with E-state index in [4.69, 9.17) is 33.2 Å². The van der Waals surface area contributed by atoms with Gasteiger partial charge >= 0.3 is 0 Å². The third-order valence-electron chi connectivity index (χ3n) is 13.7. The van der Waals surface area contributed by atoms with Crippen molar-refractivity contribution in [1.82, 2.24) is 10.6 Å². The summed E-state index contributed by atoms with van der Waals surface area (Å²) in [6, 6.07) is 49.0. The van der Waals surface area contributed by atoms with Crippen molar-refractivity contribution in [1.29, 1.82) is 0 Å². The first-order valence-electron chi connectivity index (χ1n) is 27.8. The molecule has 6 rings (SSSR count). The Morgan fingerprint density at radius 3 is 1.47 bits per heavy atom. The number of ether oxygens (including phenoxy) is 7. The first-order valence-corrected chi connectivity index (χ1v) is 27.8. The van der Waals surface area contributed by atoms with E-state index in [1.807, 2.05) is 179 Å². The zero-order chi connectivity index (χ0) is 53.6. The molecule has 12 nitrogen and oxygen atoms in total. The Morgan fingerprint density at radius 1 is 0.553 bits per heavy atom. The first-order chi connectivity index (χ1) is 37.1. The lowest BCUT2D eigenvalue weighted by atomic mass is 9.96. The molecule has 76 heavy (non-hydrogen) atoms. The number of unbranched alkanes of at least 4 members (excludes halogenated alkanes) is 8. The van der Waals surface area contributed by atoms with E-state index >= 15 is 0 Å². The number of aliphatic hydroxyl groups is 1. The highest BCUT2D eigenvalue weighted by atomic mass is 16.7. The zero-order valence-corrected chi connectivity index (χ0v) is 45.6. The van der Waals surface area contributed by atoms with Crippen LogP contribution in [-0.2, 0) is 75.8 Å². The molecular formula is C64H86N2O10. The zero-order valence-electron chi connectivity index (χ0n) is 45.6. The van der Waals surface area contributed by atoms with Crippen LogP contribution in [0.5, 0.6) is 0 Å². The Bertz CT molecular complexity index is 2300. The van der Waals surface area contributed by atoms with Crippen LogP contribution in [0.1, 0.15) is 126 Å². The first kappa shape index (κ1) is 60.0. The summed E-state index contributed by atoms with van der Waals surface area (Å²) < 4.78 is 47.7. The van der Waals surface area contributed by atoms with Crippen molar-refractivity contribution < 1.29 is 47.9 Å². The minimum absolute atomic E-state index is 0.0698. The summed E-state index contributed by atoms with van der Waals surface area (Å²) in [5, 5.41) is 18.0. The van der Waals surface area contributed by atoms with Crippen LogP contribution in [0, 0.1) is 5.41 Å². The molecule has 0 bridgehead atoms. The van der Waals surface area contributed by atoms with Gasteiger partial charge in [-0.15, -0.1) is 0 Å². The maximum atomic E-state index is 14.0. The average Bonchev–Trinajstić information content (AvgIpc) is 3.46. The number of aliphatic hydroxyl groups excluding tert-OH is 1. The van der Waals surface area contributed by atoms with E-state index < -0.39 is 49.0 Å². The normalized spacial score (nSPS) is 18.9. The predicted octanol–water partition coefficient (Wildman–Crippen LogP) is 11.6. The summed E-state index contributed by atoms with van der Waals surface area (Å²) in [5.74, 6) is -0.0451. The number of nitrogens with one attached hydrogen (secondary N) is 2. The highest BCUT2D eigenvalue weighted by Crippen LogP contribution is 2.32. The van der Waals surface area contributed by atoms with Gasteiger partial charge in [-0.1, -0.05) is 224 Å². The van der Waals surface area contributed by atoms with Crippen molar-refractivity contribution in [3.8, 4) is 0 Å². The molecule has 3 N–H and O–H groups in total. The van der Waals surface area contributed by atoms with Gasteiger partial charge in [-0.25, -0.2) is 0 Å². The molecule has 0 aliphatic carbocycles. The van der Waals surface area contributed by atoms with Crippen LogP contribution in [0.25, 0.3) is 0 Å². The molecular weight excluding hydrogens is 957 g/mol. The highest BCUT2D eigenvalue weighted by molar-refractivity contribution is 5.81. The van der Waals surface area contributed by atoms with E-state index in [2.05, 4.69) is 10.6 Å². The lowest BCUT2D eigenvalue weighted by molar-refractivity contribution is -0.330. The van der Waals surface area contributed by atoms with Crippen molar-refractivity contribution in [2.75, 3.05) is 19.8 Å². The molecule has 0 aromatic heterocycles. The summed E-state index contributed by atoms with van der Waals surface area (Å²) >= 11 is 0.